The molecule has 0 fully saturated rings. The van der Waals surface area contributed by atoms with E-state index in [1.54, 1.807) is 30.5 Å². The third-order valence-electron chi connectivity index (χ3n) is 3.85. The van der Waals surface area contributed by atoms with Crippen molar-refractivity contribution in [2.45, 2.75) is 18.6 Å². The van der Waals surface area contributed by atoms with Crippen molar-refractivity contribution in [1.82, 2.24) is 10.2 Å². The van der Waals surface area contributed by atoms with E-state index in [4.69, 9.17) is 18.3 Å². The number of ether oxygens (including phenoxy) is 2. The third-order valence-corrected chi connectivity index (χ3v) is 4.67. The lowest BCUT2D eigenvalue weighted by atomic mass is 10.2. The maximum atomic E-state index is 12.2. The Kier molecular flexibility index (Phi) is 5.01. The zero-order chi connectivity index (χ0) is 18.6. The second kappa shape index (κ2) is 7.75. The molecule has 4 rings (SSSR count). The Morgan fingerprint density at radius 3 is 2.85 bits per heavy atom. The maximum Gasteiger partial charge on any atom is 0.277 e. The minimum atomic E-state index is -0.186. The molecular formula is C18H17N3O5S. The van der Waals surface area contributed by atoms with Gasteiger partial charge in [-0.3, -0.25) is 4.79 Å². The van der Waals surface area contributed by atoms with Gasteiger partial charge in [0.25, 0.3) is 11.1 Å². The van der Waals surface area contributed by atoms with Crippen molar-refractivity contribution < 1.29 is 23.1 Å². The Hall–Kier alpha value is -2.94. The molecule has 1 aromatic carbocycles. The van der Waals surface area contributed by atoms with Crippen molar-refractivity contribution in [2.75, 3.05) is 24.3 Å². The summed E-state index contributed by atoms with van der Waals surface area (Å²) < 4.78 is 22.0. The molecule has 3 aromatic rings. The second-order valence-electron chi connectivity index (χ2n) is 5.81. The first-order valence-corrected chi connectivity index (χ1v) is 9.38. The van der Waals surface area contributed by atoms with Crippen LogP contribution in [0.2, 0.25) is 0 Å². The maximum absolute atomic E-state index is 12.2. The van der Waals surface area contributed by atoms with Gasteiger partial charge in [-0.1, -0.05) is 11.8 Å². The van der Waals surface area contributed by atoms with Gasteiger partial charge in [-0.05, 0) is 25.1 Å². The Labute approximate surface area is 159 Å². The van der Waals surface area contributed by atoms with E-state index in [-0.39, 0.29) is 11.7 Å². The highest BCUT2D eigenvalue weighted by Gasteiger charge is 2.15. The summed E-state index contributed by atoms with van der Waals surface area (Å²) in [5.74, 6) is 2.34. The molecule has 1 aliphatic heterocycles. The molecule has 0 spiro atoms. The van der Waals surface area contributed by atoms with Gasteiger partial charge in [-0.15, -0.1) is 10.2 Å². The topological polar surface area (TPSA) is 99.6 Å². The van der Waals surface area contributed by atoms with Gasteiger partial charge in [0.15, 0.2) is 11.5 Å². The highest BCUT2D eigenvalue weighted by atomic mass is 32.2. The molecule has 9 heteroatoms. The summed E-state index contributed by atoms with van der Waals surface area (Å²) in [6.45, 7) is 3.03. The molecule has 0 atom stereocenters. The van der Waals surface area contributed by atoms with Crippen molar-refractivity contribution in [3.8, 4) is 23.0 Å². The number of nitrogens with one attached hydrogen (secondary N) is 1. The lowest BCUT2D eigenvalue weighted by molar-refractivity contribution is -0.113. The average molecular weight is 387 g/mol. The summed E-state index contributed by atoms with van der Waals surface area (Å²) in [5.41, 5.74) is 1.39. The number of carbonyl (C=O) groups excluding carboxylic acids is 1. The molecular weight excluding hydrogens is 370 g/mol. The molecule has 1 aliphatic rings. The number of furan rings is 1. The highest BCUT2D eigenvalue weighted by molar-refractivity contribution is 7.99. The Bertz CT molecular complexity index is 952. The summed E-state index contributed by atoms with van der Waals surface area (Å²) in [6, 6.07) is 7.09. The number of carbonyl (C=O) groups is 1. The van der Waals surface area contributed by atoms with Crippen LogP contribution in [0.1, 0.15) is 12.2 Å². The zero-order valence-electron chi connectivity index (χ0n) is 14.6. The van der Waals surface area contributed by atoms with E-state index in [0.717, 1.165) is 23.7 Å². The fourth-order valence-electron chi connectivity index (χ4n) is 2.55. The number of anilines is 1. The molecule has 2 aromatic heterocycles. The summed E-state index contributed by atoms with van der Waals surface area (Å²) >= 11 is 1.16. The van der Waals surface area contributed by atoms with Crippen molar-refractivity contribution in [2.24, 2.45) is 0 Å². The average Bonchev–Trinajstić information content (AvgIpc) is 3.23. The van der Waals surface area contributed by atoms with Crippen LogP contribution in [0.15, 0.2) is 44.6 Å². The fraction of sp³-hybridized carbons (Fsp3) is 0.278. The lowest BCUT2D eigenvalue weighted by Crippen LogP contribution is -2.14. The van der Waals surface area contributed by atoms with Crippen LogP contribution >= 0.6 is 11.8 Å². The van der Waals surface area contributed by atoms with Crippen LogP contribution in [0.5, 0.6) is 11.5 Å². The predicted octanol–water partition coefficient (Wildman–Crippen LogP) is 3.53. The molecule has 0 saturated carbocycles. The number of hydrogen-bond donors (Lipinski definition) is 1. The Morgan fingerprint density at radius 1 is 1.19 bits per heavy atom. The van der Waals surface area contributed by atoms with E-state index >= 15 is 0 Å². The van der Waals surface area contributed by atoms with Gasteiger partial charge in [0.05, 0.1) is 30.8 Å². The zero-order valence-corrected chi connectivity index (χ0v) is 15.4. The third kappa shape index (κ3) is 4.08. The molecule has 0 radical (unpaired) electrons. The standard InChI is InChI=1S/C18H17N3O5S/c1-11-13(5-8-23-11)17-20-21-18(26-17)27-10-16(22)19-12-3-4-14-15(9-12)25-7-2-6-24-14/h3-5,8-9H,2,6-7,10H2,1H3,(H,19,22). The van der Waals surface area contributed by atoms with E-state index in [9.17, 15) is 4.79 Å². The van der Waals surface area contributed by atoms with Crippen molar-refractivity contribution in [3.63, 3.8) is 0 Å². The number of amides is 1. The van der Waals surface area contributed by atoms with Crippen molar-refractivity contribution in [1.29, 1.82) is 0 Å². The van der Waals surface area contributed by atoms with E-state index in [0.29, 0.717) is 47.3 Å². The predicted molar refractivity (Wildman–Crippen MR) is 98.1 cm³/mol. The SMILES string of the molecule is Cc1occc1-c1nnc(SCC(=O)Nc2ccc3c(c2)OCCCO3)o1. The van der Waals surface area contributed by atoms with Crippen molar-refractivity contribution >= 4 is 23.4 Å². The summed E-state index contributed by atoms with van der Waals surface area (Å²) in [7, 11) is 0. The van der Waals surface area contributed by atoms with E-state index in [1.165, 1.54) is 0 Å². The van der Waals surface area contributed by atoms with E-state index in [2.05, 4.69) is 15.5 Å². The number of hydrogen-bond acceptors (Lipinski definition) is 8. The highest BCUT2D eigenvalue weighted by Crippen LogP contribution is 2.32. The number of fused-ring (bicyclic) bond motifs is 1. The van der Waals surface area contributed by atoms with Gasteiger partial charge in [0.2, 0.25) is 5.91 Å². The van der Waals surface area contributed by atoms with Gasteiger partial charge in [0, 0.05) is 18.2 Å². The van der Waals surface area contributed by atoms with Crippen LogP contribution in [0, 0.1) is 6.92 Å². The molecule has 0 unspecified atom stereocenters. The van der Waals surface area contributed by atoms with E-state index < -0.39 is 0 Å². The normalized spacial score (nSPS) is 13.2. The summed E-state index contributed by atoms with van der Waals surface area (Å²) in [4.78, 5) is 12.2. The molecule has 3 heterocycles. The number of nitrogens with zero attached hydrogens (tertiary/aromatic N) is 2. The number of rotatable bonds is 5. The summed E-state index contributed by atoms with van der Waals surface area (Å²) in [5, 5.41) is 11.1. The molecule has 1 N–H and O–H groups in total. The lowest BCUT2D eigenvalue weighted by Gasteiger charge is -2.10. The minimum absolute atomic E-state index is 0.139. The van der Waals surface area contributed by atoms with Crippen LogP contribution in [-0.2, 0) is 4.79 Å². The first kappa shape index (κ1) is 17.5. The van der Waals surface area contributed by atoms with Gasteiger partial charge >= 0.3 is 0 Å². The quantitative estimate of drug-likeness (QED) is 0.664. The second-order valence-corrected chi connectivity index (χ2v) is 6.74. The Balaban J connectivity index is 1.34. The first-order valence-electron chi connectivity index (χ1n) is 8.39. The largest absolute Gasteiger partial charge is 0.490 e. The molecule has 1 amide bonds. The smallest absolute Gasteiger partial charge is 0.277 e. The molecule has 0 saturated heterocycles. The number of aryl methyl sites for hydroxylation is 1. The molecule has 0 aliphatic carbocycles. The van der Waals surface area contributed by atoms with Gasteiger partial charge < -0.3 is 23.6 Å². The van der Waals surface area contributed by atoms with Crippen LogP contribution < -0.4 is 14.8 Å². The minimum Gasteiger partial charge on any atom is -0.490 e. The fourth-order valence-corrected chi connectivity index (χ4v) is 3.11. The number of thioether (sulfide) groups is 1. The first-order chi connectivity index (χ1) is 13.2. The molecule has 140 valence electrons. The van der Waals surface area contributed by atoms with Crippen LogP contribution in [0.4, 0.5) is 5.69 Å². The van der Waals surface area contributed by atoms with E-state index in [1.807, 2.05) is 6.92 Å². The van der Waals surface area contributed by atoms with Crippen molar-refractivity contribution in [3.05, 3.63) is 36.3 Å². The molecule has 27 heavy (non-hydrogen) atoms. The monoisotopic (exact) mass is 387 g/mol. The van der Waals surface area contributed by atoms with Crippen LogP contribution in [0.25, 0.3) is 11.5 Å². The molecule has 8 nitrogen and oxygen atoms in total. The number of benzene rings is 1. The number of aromatic nitrogens is 2. The van der Waals surface area contributed by atoms with Crippen LogP contribution in [0.3, 0.4) is 0 Å². The molecule has 0 bridgehead atoms. The van der Waals surface area contributed by atoms with Gasteiger partial charge in [-0.25, -0.2) is 0 Å². The summed E-state index contributed by atoms with van der Waals surface area (Å²) in [6.07, 6.45) is 2.39. The van der Waals surface area contributed by atoms with Gasteiger partial charge in [-0.2, -0.15) is 0 Å². The van der Waals surface area contributed by atoms with Gasteiger partial charge in [0.1, 0.15) is 5.76 Å². The Morgan fingerprint density at radius 2 is 2.04 bits per heavy atom. The van der Waals surface area contributed by atoms with Crippen LogP contribution in [-0.4, -0.2) is 35.1 Å².